The molecule has 0 bridgehead atoms. The van der Waals surface area contributed by atoms with Crippen molar-refractivity contribution in [2.24, 2.45) is 5.92 Å². The Labute approximate surface area is 103 Å². The fourth-order valence-electron chi connectivity index (χ4n) is 1.36. The van der Waals surface area contributed by atoms with Crippen LogP contribution in [-0.2, 0) is 10.0 Å². The summed E-state index contributed by atoms with van der Waals surface area (Å²) in [5.41, 5.74) is 7.78. The first-order valence-corrected chi connectivity index (χ1v) is 7.32. The molecule has 5 heteroatoms. The minimum atomic E-state index is -3.25. The van der Waals surface area contributed by atoms with Crippen molar-refractivity contribution < 1.29 is 8.42 Å². The van der Waals surface area contributed by atoms with Crippen LogP contribution >= 0.6 is 0 Å². The zero-order valence-electron chi connectivity index (χ0n) is 10.5. The summed E-state index contributed by atoms with van der Waals surface area (Å²) in [4.78, 5) is 0. The standard InChI is InChI=1S/C12H20N2O2S/c1-9(2)6-7-17(15,16)14-11-4-5-12(13)10(3)8-11/h4-5,8-9,14H,6-7,13H2,1-3H3. The van der Waals surface area contributed by atoms with Crippen LogP contribution in [0.2, 0.25) is 0 Å². The maximum atomic E-state index is 11.8. The highest BCUT2D eigenvalue weighted by Crippen LogP contribution is 2.18. The number of sulfonamides is 1. The molecule has 1 aromatic rings. The Morgan fingerprint density at radius 2 is 2.00 bits per heavy atom. The Kier molecular flexibility index (Phi) is 4.40. The highest BCUT2D eigenvalue weighted by atomic mass is 32.2. The zero-order valence-corrected chi connectivity index (χ0v) is 11.3. The van der Waals surface area contributed by atoms with Crippen LogP contribution in [0.5, 0.6) is 0 Å². The van der Waals surface area contributed by atoms with E-state index >= 15 is 0 Å². The maximum Gasteiger partial charge on any atom is 0.232 e. The minimum Gasteiger partial charge on any atom is -0.399 e. The van der Waals surface area contributed by atoms with Crippen LogP contribution < -0.4 is 10.5 Å². The van der Waals surface area contributed by atoms with Crippen molar-refractivity contribution in [2.75, 3.05) is 16.2 Å². The second kappa shape index (κ2) is 5.40. The van der Waals surface area contributed by atoms with Gasteiger partial charge in [0.1, 0.15) is 0 Å². The number of nitrogens with one attached hydrogen (secondary N) is 1. The van der Waals surface area contributed by atoms with Gasteiger partial charge in [-0.15, -0.1) is 0 Å². The van der Waals surface area contributed by atoms with Gasteiger partial charge in [-0.3, -0.25) is 4.72 Å². The van der Waals surface area contributed by atoms with Gasteiger partial charge < -0.3 is 5.73 Å². The van der Waals surface area contributed by atoms with Gasteiger partial charge in [0.2, 0.25) is 10.0 Å². The lowest BCUT2D eigenvalue weighted by molar-refractivity contribution is 0.578. The molecule has 0 unspecified atom stereocenters. The molecule has 0 aliphatic heterocycles. The van der Waals surface area contributed by atoms with E-state index in [0.717, 1.165) is 5.56 Å². The van der Waals surface area contributed by atoms with E-state index in [9.17, 15) is 8.42 Å². The Morgan fingerprint density at radius 3 is 2.53 bits per heavy atom. The Bertz CT molecular complexity index is 481. The van der Waals surface area contributed by atoms with Crippen LogP contribution in [0.15, 0.2) is 18.2 Å². The van der Waals surface area contributed by atoms with E-state index in [1.165, 1.54) is 0 Å². The molecule has 0 heterocycles. The van der Waals surface area contributed by atoms with Gasteiger partial charge in [0.25, 0.3) is 0 Å². The molecule has 17 heavy (non-hydrogen) atoms. The largest absolute Gasteiger partial charge is 0.399 e. The van der Waals surface area contributed by atoms with E-state index < -0.39 is 10.0 Å². The summed E-state index contributed by atoms with van der Waals surface area (Å²) >= 11 is 0. The van der Waals surface area contributed by atoms with Gasteiger partial charge >= 0.3 is 0 Å². The van der Waals surface area contributed by atoms with Gasteiger partial charge in [-0.05, 0) is 43.0 Å². The number of nitrogen functional groups attached to an aromatic ring is 1. The SMILES string of the molecule is Cc1cc(NS(=O)(=O)CCC(C)C)ccc1N. The maximum absolute atomic E-state index is 11.8. The molecule has 0 aromatic heterocycles. The van der Waals surface area contributed by atoms with Crippen LogP contribution in [0.25, 0.3) is 0 Å². The second-order valence-corrected chi connectivity index (χ2v) is 6.52. The minimum absolute atomic E-state index is 0.147. The van der Waals surface area contributed by atoms with Crippen molar-refractivity contribution in [3.63, 3.8) is 0 Å². The van der Waals surface area contributed by atoms with E-state index in [2.05, 4.69) is 4.72 Å². The topological polar surface area (TPSA) is 72.2 Å². The first-order chi connectivity index (χ1) is 7.80. The molecule has 4 nitrogen and oxygen atoms in total. The summed E-state index contributed by atoms with van der Waals surface area (Å²) in [6.07, 6.45) is 0.656. The summed E-state index contributed by atoms with van der Waals surface area (Å²) in [5, 5.41) is 0. The molecule has 0 fully saturated rings. The van der Waals surface area contributed by atoms with Gasteiger partial charge in [0.05, 0.1) is 5.75 Å². The molecule has 0 spiro atoms. The lowest BCUT2D eigenvalue weighted by Crippen LogP contribution is -2.18. The van der Waals surface area contributed by atoms with E-state index in [0.29, 0.717) is 23.7 Å². The summed E-state index contributed by atoms with van der Waals surface area (Å²) in [6, 6.07) is 5.12. The molecular weight excluding hydrogens is 236 g/mol. The van der Waals surface area contributed by atoms with Crippen molar-refractivity contribution in [3.05, 3.63) is 23.8 Å². The molecule has 0 atom stereocenters. The van der Waals surface area contributed by atoms with Crippen LogP contribution in [-0.4, -0.2) is 14.2 Å². The average molecular weight is 256 g/mol. The predicted octanol–water partition coefficient (Wildman–Crippen LogP) is 2.37. The number of aryl methyl sites for hydroxylation is 1. The van der Waals surface area contributed by atoms with Crippen LogP contribution in [0.4, 0.5) is 11.4 Å². The Morgan fingerprint density at radius 1 is 1.35 bits per heavy atom. The van der Waals surface area contributed by atoms with Gasteiger partial charge in [0, 0.05) is 11.4 Å². The Balaban J connectivity index is 2.73. The Hall–Kier alpha value is -1.23. The van der Waals surface area contributed by atoms with E-state index in [4.69, 9.17) is 5.73 Å². The highest BCUT2D eigenvalue weighted by Gasteiger charge is 2.11. The molecule has 0 amide bonds. The lowest BCUT2D eigenvalue weighted by Gasteiger charge is -2.10. The van der Waals surface area contributed by atoms with Crippen LogP contribution in [0.3, 0.4) is 0 Å². The number of rotatable bonds is 5. The van der Waals surface area contributed by atoms with Gasteiger partial charge in [0.15, 0.2) is 0 Å². The molecular formula is C12H20N2O2S. The third kappa shape index (κ3) is 4.65. The molecule has 0 saturated heterocycles. The van der Waals surface area contributed by atoms with Gasteiger partial charge in [-0.2, -0.15) is 0 Å². The molecule has 1 aromatic carbocycles. The van der Waals surface area contributed by atoms with Crippen molar-refractivity contribution in [1.82, 2.24) is 0 Å². The molecule has 0 aliphatic carbocycles. The second-order valence-electron chi connectivity index (χ2n) is 4.67. The predicted molar refractivity (Wildman–Crippen MR) is 72.5 cm³/mol. The van der Waals surface area contributed by atoms with Crippen LogP contribution in [0, 0.1) is 12.8 Å². The molecule has 1 rings (SSSR count). The monoisotopic (exact) mass is 256 g/mol. The average Bonchev–Trinajstić information content (AvgIpc) is 2.21. The van der Waals surface area contributed by atoms with E-state index in [1.807, 2.05) is 20.8 Å². The summed E-state index contributed by atoms with van der Waals surface area (Å²) in [7, 11) is -3.25. The number of anilines is 2. The smallest absolute Gasteiger partial charge is 0.232 e. The van der Waals surface area contributed by atoms with Gasteiger partial charge in [-0.1, -0.05) is 13.8 Å². The number of benzene rings is 1. The molecule has 0 radical (unpaired) electrons. The van der Waals surface area contributed by atoms with Crippen molar-refractivity contribution in [1.29, 1.82) is 0 Å². The normalized spacial score (nSPS) is 11.8. The molecule has 3 N–H and O–H groups in total. The number of nitrogens with two attached hydrogens (primary N) is 1. The third-order valence-corrected chi connectivity index (χ3v) is 3.83. The molecule has 0 aliphatic rings. The van der Waals surface area contributed by atoms with Gasteiger partial charge in [-0.25, -0.2) is 8.42 Å². The summed E-state index contributed by atoms with van der Waals surface area (Å²) in [5.74, 6) is 0.522. The zero-order chi connectivity index (χ0) is 13.1. The summed E-state index contributed by atoms with van der Waals surface area (Å²) in [6.45, 7) is 5.85. The summed E-state index contributed by atoms with van der Waals surface area (Å²) < 4.78 is 26.1. The van der Waals surface area contributed by atoms with Crippen molar-refractivity contribution in [3.8, 4) is 0 Å². The number of hydrogen-bond acceptors (Lipinski definition) is 3. The molecule has 0 saturated carbocycles. The molecule has 96 valence electrons. The highest BCUT2D eigenvalue weighted by molar-refractivity contribution is 7.92. The first kappa shape index (κ1) is 13.8. The lowest BCUT2D eigenvalue weighted by atomic mass is 10.2. The van der Waals surface area contributed by atoms with Crippen molar-refractivity contribution in [2.45, 2.75) is 27.2 Å². The third-order valence-electron chi connectivity index (χ3n) is 2.51. The first-order valence-electron chi connectivity index (χ1n) is 5.67. The van der Waals surface area contributed by atoms with E-state index in [1.54, 1.807) is 18.2 Å². The fraction of sp³-hybridized carbons (Fsp3) is 0.500. The number of hydrogen-bond donors (Lipinski definition) is 2. The van der Waals surface area contributed by atoms with Crippen LogP contribution in [0.1, 0.15) is 25.8 Å². The quantitative estimate of drug-likeness (QED) is 0.794. The fourth-order valence-corrected chi connectivity index (χ4v) is 2.73. The van der Waals surface area contributed by atoms with E-state index in [-0.39, 0.29) is 5.75 Å². The van der Waals surface area contributed by atoms with Crippen molar-refractivity contribution >= 4 is 21.4 Å².